The van der Waals surface area contributed by atoms with E-state index in [1.165, 1.54) is 24.8 Å². The summed E-state index contributed by atoms with van der Waals surface area (Å²) in [6.07, 6.45) is 4.80. The molecule has 0 aromatic heterocycles. The van der Waals surface area contributed by atoms with Crippen LogP contribution >= 0.6 is 15.9 Å². The zero-order valence-electron chi connectivity index (χ0n) is 8.50. The van der Waals surface area contributed by atoms with Crippen molar-refractivity contribution in [3.8, 4) is 0 Å². The van der Waals surface area contributed by atoms with Crippen LogP contribution in [0.4, 0.5) is 0 Å². The van der Waals surface area contributed by atoms with Crippen LogP contribution in [0.3, 0.4) is 0 Å². The van der Waals surface area contributed by atoms with Gasteiger partial charge in [0.15, 0.2) is 5.78 Å². The summed E-state index contributed by atoms with van der Waals surface area (Å²) >= 11 is 3.44. The highest BCUT2D eigenvalue weighted by atomic mass is 79.9. The van der Waals surface area contributed by atoms with Crippen LogP contribution in [0, 0.1) is 5.92 Å². The minimum Gasteiger partial charge on any atom is -0.294 e. The van der Waals surface area contributed by atoms with E-state index in [-0.39, 0.29) is 0 Å². The molecule has 2 aliphatic rings. The van der Waals surface area contributed by atoms with Gasteiger partial charge in [-0.1, -0.05) is 34.8 Å². The van der Waals surface area contributed by atoms with Gasteiger partial charge in [0.2, 0.25) is 0 Å². The number of carbonyl (C=O) groups excluding carboxylic acids is 1. The summed E-state index contributed by atoms with van der Waals surface area (Å²) in [7, 11) is 0. The van der Waals surface area contributed by atoms with Crippen molar-refractivity contribution in [2.75, 3.05) is 0 Å². The third-order valence-electron chi connectivity index (χ3n) is 3.78. The van der Waals surface area contributed by atoms with Crippen LogP contribution < -0.4 is 0 Å². The van der Waals surface area contributed by atoms with Gasteiger partial charge in [0.1, 0.15) is 0 Å². The van der Waals surface area contributed by atoms with Gasteiger partial charge in [-0.05, 0) is 36.5 Å². The molecule has 1 fully saturated rings. The van der Waals surface area contributed by atoms with Crippen LogP contribution in [-0.2, 0) is 0 Å². The van der Waals surface area contributed by atoms with Crippen LogP contribution in [0.15, 0.2) is 22.7 Å². The molecule has 1 nitrogen and oxygen atoms in total. The summed E-state index contributed by atoms with van der Waals surface area (Å²) in [5.74, 6) is 1.20. The quantitative estimate of drug-likeness (QED) is 0.694. The molecule has 0 unspecified atom stereocenters. The topological polar surface area (TPSA) is 17.1 Å². The van der Waals surface area contributed by atoms with Crippen molar-refractivity contribution in [2.45, 2.75) is 31.6 Å². The zero-order chi connectivity index (χ0) is 10.4. The van der Waals surface area contributed by atoms with E-state index in [0.717, 1.165) is 16.5 Å². The molecule has 78 valence electrons. The van der Waals surface area contributed by atoms with Crippen LogP contribution in [0.25, 0.3) is 0 Å². The molecule has 15 heavy (non-hydrogen) atoms. The van der Waals surface area contributed by atoms with Crippen molar-refractivity contribution in [2.24, 2.45) is 5.92 Å². The second-order valence-corrected chi connectivity index (χ2v) is 5.51. The van der Waals surface area contributed by atoms with Crippen LogP contribution in [-0.4, -0.2) is 5.78 Å². The maximum atomic E-state index is 12.2. The molecule has 2 aliphatic carbocycles. The fourth-order valence-corrected chi connectivity index (χ4v) is 3.44. The highest BCUT2D eigenvalue weighted by Gasteiger charge is 2.40. The van der Waals surface area contributed by atoms with Gasteiger partial charge >= 0.3 is 0 Å². The Hall–Kier alpha value is -0.630. The molecule has 2 heteroatoms. The number of carbonyl (C=O) groups is 1. The van der Waals surface area contributed by atoms with Gasteiger partial charge in [-0.25, -0.2) is 0 Å². The van der Waals surface area contributed by atoms with Crippen molar-refractivity contribution in [1.82, 2.24) is 0 Å². The predicted octanol–water partition coefficient (Wildman–Crippen LogP) is 3.92. The van der Waals surface area contributed by atoms with Gasteiger partial charge in [0.05, 0.1) is 0 Å². The van der Waals surface area contributed by atoms with E-state index in [1.807, 2.05) is 6.07 Å². The molecule has 0 N–H and O–H groups in total. The van der Waals surface area contributed by atoms with Gasteiger partial charge in [-0.2, -0.15) is 0 Å². The van der Waals surface area contributed by atoms with Gasteiger partial charge in [0, 0.05) is 16.0 Å². The number of benzene rings is 1. The summed E-state index contributed by atoms with van der Waals surface area (Å²) < 4.78 is 1.02. The van der Waals surface area contributed by atoms with Gasteiger partial charge in [-0.3, -0.25) is 4.79 Å². The number of rotatable bonds is 0. The molecular weight excluding hydrogens is 252 g/mol. The normalized spacial score (nSPS) is 28.7. The first-order valence-electron chi connectivity index (χ1n) is 5.61. The SMILES string of the molecule is O=C1c2cc(Br)ccc2[C@@H]2CCCC[C@@H]12. The van der Waals surface area contributed by atoms with E-state index in [2.05, 4.69) is 28.1 Å². The number of hydrogen-bond acceptors (Lipinski definition) is 1. The fourth-order valence-electron chi connectivity index (χ4n) is 3.08. The van der Waals surface area contributed by atoms with Crippen molar-refractivity contribution in [3.05, 3.63) is 33.8 Å². The maximum absolute atomic E-state index is 12.2. The minimum absolute atomic E-state index is 0.294. The molecule has 0 radical (unpaired) electrons. The Kier molecular flexibility index (Phi) is 2.20. The molecule has 1 aromatic rings. The van der Waals surface area contributed by atoms with Gasteiger partial charge < -0.3 is 0 Å². The van der Waals surface area contributed by atoms with Crippen LogP contribution in [0.1, 0.15) is 47.5 Å². The molecule has 0 saturated heterocycles. The molecule has 3 rings (SSSR count). The molecule has 0 bridgehead atoms. The third kappa shape index (κ3) is 1.38. The lowest BCUT2D eigenvalue weighted by atomic mass is 9.79. The van der Waals surface area contributed by atoms with Crippen LogP contribution in [0.5, 0.6) is 0 Å². The second-order valence-electron chi connectivity index (χ2n) is 4.59. The Bertz CT molecular complexity index is 425. The van der Waals surface area contributed by atoms with Crippen molar-refractivity contribution < 1.29 is 4.79 Å². The average molecular weight is 265 g/mol. The first-order chi connectivity index (χ1) is 7.27. The monoisotopic (exact) mass is 264 g/mol. The van der Waals surface area contributed by atoms with E-state index in [1.54, 1.807) is 0 Å². The Labute approximate surface area is 98.0 Å². The Balaban J connectivity index is 2.11. The molecule has 1 saturated carbocycles. The predicted molar refractivity (Wildman–Crippen MR) is 63.2 cm³/mol. The highest BCUT2D eigenvalue weighted by Crippen LogP contribution is 2.46. The lowest BCUT2D eigenvalue weighted by molar-refractivity contribution is 0.0898. The Morgan fingerprint density at radius 1 is 1.13 bits per heavy atom. The third-order valence-corrected chi connectivity index (χ3v) is 4.28. The van der Waals surface area contributed by atoms with Crippen LogP contribution in [0.2, 0.25) is 0 Å². The lowest BCUT2D eigenvalue weighted by Gasteiger charge is -2.24. The first-order valence-corrected chi connectivity index (χ1v) is 6.40. The molecule has 0 spiro atoms. The molecule has 0 aliphatic heterocycles. The molecule has 0 heterocycles. The average Bonchev–Trinajstić information content (AvgIpc) is 2.54. The molecular formula is C13H13BrO. The standard InChI is InChI=1S/C13H13BrO/c14-8-5-6-10-9-3-1-2-4-11(9)13(15)12(10)7-8/h5-7,9,11H,1-4H2/t9-,11+/m0/s1. The van der Waals surface area contributed by atoms with Gasteiger partial charge in [-0.15, -0.1) is 0 Å². The van der Waals surface area contributed by atoms with Crippen molar-refractivity contribution in [1.29, 1.82) is 0 Å². The second kappa shape index (κ2) is 3.44. The molecule has 1 aromatic carbocycles. The smallest absolute Gasteiger partial charge is 0.166 e. The molecule has 2 atom stereocenters. The largest absolute Gasteiger partial charge is 0.294 e. The summed E-state index contributed by atoms with van der Waals surface area (Å²) in [4.78, 5) is 12.2. The van der Waals surface area contributed by atoms with E-state index in [4.69, 9.17) is 0 Å². The summed E-state index contributed by atoms with van der Waals surface area (Å²) in [6, 6.07) is 6.19. The first kappa shape index (κ1) is 9.59. The van der Waals surface area contributed by atoms with E-state index in [0.29, 0.717) is 17.6 Å². The summed E-state index contributed by atoms with van der Waals surface area (Å²) in [5, 5.41) is 0. The molecule has 0 amide bonds. The van der Waals surface area contributed by atoms with Gasteiger partial charge in [0.25, 0.3) is 0 Å². The Morgan fingerprint density at radius 3 is 2.67 bits per heavy atom. The zero-order valence-corrected chi connectivity index (χ0v) is 10.1. The summed E-state index contributed by atoms with van der Waals surface area (Å²) in [5.41, 5.74) is 2.27. The fraction of sp³-hybridized carbons (Fsp3) is 0.462. The van der Waals surface area contributed by atoms with Crippen molar-refractivity contribution in [3.63, 3.8) is 0 Å². The van der Waals surface area contributed by atoms with E-state index in [9.17, 15) is 4.79 Å². The van der Waals surface area contributed by atoms with Crippen molar-refractivity contribution >= 4 is 21.7 Å². The Morgan fingerprint density at radius 2 is 1.87 bits per heavy atom. The highest BCUT2D eigenvalue weighted by molar-refractivity contribution is 9.10. The number of ketones is 1. The number of hydrogen-bond donors (Lipinski definition) is 0. The number of Topliss-reactive ketones (excluding diaryl/α,β-unsaturated/α-hetero) is 1. The maximum Gasteiger partial charge on any atom is 0.166 e. The lowest BCUT2D eigenvalue weighted by Crippen LogP contribution is -2.17. The number of halogens is 1. The number of fused-ring (bicyclic) bond motifs is 3. The van der Waals surface area contributed by atoms with E-state index >= 15 is 0 Å². The van der Waals surface area contributed by atoms with E-state index < -0.39 is 0 Å². The summed E-state index contributed by atoms with van der Waals surface area (Å²) in [6.45, 7) is 0. The minimum atomic E-state index is 0.294.